The van der Waals surface area contributed by atoms with Gasteiger partial charge >= 0.3 is 11.9 Å². The second-order valence-corrected chi connectivity index (χ2v) is 8.49. The molecular weight excluding hydrogens is 368 g/mol. The Kier molecular flexibility index (Phi) is 11.8. The number of rotatable bonds is 14. The van der Waals surface area contributed by atoms with Gasteiger partial charge in [-0.2, -0.15) is 0 Å². The van der Waals surface area contributed by atoms with Crippen LogP contribution in [0.3, 0.4) is 0 Å². The number of carbonyl (C=O) groups is 2. The van der Waals surface area contributed by atoms with Crippen LogP contribution >= 0.6 is 0 Å². The monoisotopic (exact) mass is 404 g/mol. The fourth-order valence-electron chi connectivity index (χ4n) is 2.68. The zero-order valence-corrected chi connectivity index (χ0v) is 18.1. The number of hydrogen-bond donors (Lipinski definition) is 1. The number of carboxylic acid groups (broad SMARTS) is 1. The topological polar surface area (TPSA) is 72.8 Å². The third-order valence-electron chi connectivity index (χ3n) is 4.45. The Hall–Kier alpha value is -2.30. The third kappa shape index (κ3) is 14.4. The van der Waals surface area contributed by atoms with Crippen molar-refractivity contribution in [3.05, 3.63) is 35.9 Å². The molecule has 0 aliphatic rings. The number of aliphatic carboxylic acids is 1. The lowest BCUT2D eigenvalue weighted by Gasteiger charge is -2.16. The highest BCUT2D eigenvalue weighted by atomic mass is 16.5. The van der Waals surface area contributed by atoms with Crippen molar-refractivity contribution in [3.63, 3.8) is 0 Å². The Bertz CT molecular complexity index is 626. The normalized spacial score (nSPS) is 11.6. The molecule has 5 heteroatoms. The van der Waals surface area contributed by atoms with E-state index in [0.29, 0.717) is 19.6 Å². The van der Waals surface area contributed by atoms with Gasteiger partial charge in [0.15, 0.2) is 0 Å². The summed E-state index contributed by atoms with van der Waals surface area (Å²) in [7, 11) is 0. The summed E-state index contributed by atoms with van der Waals surface area (Å²) in [6.45, 7) is 7.59. The van der Waals surface area contributed by atoms with Crippen molar-refractivity contribution in [2.45, 2.75) is 72.1 Å². The predicted molar refractivity (Wildman–Crippen MR) is 116 cm³/mol. The summed E-state index contributed by atoms with van der Waals surface area (Å²) in [4.78, 5) is 22.1. The molecule has 0 aromatic heterocycles. The van der Waals surface area contributed by atoms with E-state index in [1.54, 1.807) is 6.08 Å². The quantitative estimate of drug-likeness (QED) is 0.238. The second kappa shape index (κ2) is 13.8. The molecule has 0 fully saturated rings. The van der Waals surface area contributed by atoms with Crippen molar-refractivity contribution in [3.8, 4) is 5.75 Å². The molecule has 1 aromatic carbocycles. The van der Waals surface area contributed by atoms with Crippen molar-refractivity contribution in [1.82, 2.24) is 0 Å². The molecule has 0 unspecified atom stereocenters. The highest BCUT2D eigenvalue weighted by Crippen LogP contribution is 2.20. The van der Waals surface area contributed by atoms with Crippen LogP contribution in [0.4, 0.5) is 0 Å². The largest absolute Gasteiger partial charge is 0.494 e. The first-order valence-electron chi connectivity index (χ1n) is 10.6. The molecule has 0 atom stereocenters. The maximum atomic E-state index is 11.6. The zero-order valence-electron chi connectivity index (χ0n) is 18.1. The standard InChI is InChI=1S/C24H36O5/c1-24(2,3)17-16-23(27)29-19-9-7-5-4-6-8-18-28-21-13-10-20(11-14-21)12-15-22(25)26/h10-15H,4-9,16-19H2,1-3H3,(H,25,26)/b15-12-. The summed E-state index contributed by atoms with van der Waals surface area (Å²) in [5.74, 6) is -0.240. The molecule has 29 heavy (non-hydrogen) atoms. The third-order valence-corrected chi connectivity index (χ3v) is 4.45. The van der Waals surface area contributed by atoms with E-state index in [1.165, 1.54) is 0 Å². The minimum absolute atomic E-state index is 0.0805. The second-order valence-electron chi connectivity index (χ2n) is 8.49. The Morgan fingerprint density at radius 1 is 0.931 bits per heavy atom. The van der Waals surface area contributed by atoms with Gasteiger partial charge in [0, 0.05) is 12.5 Å². The van der Waals surface area contributed by atoms with Crippen LogP contribution in [0.25, 0.3) is 6.08 Å². The average Bonchev–Trinajstić information content (AvgIpc) is 2.66. The van der Waals surface area contributed by atoms with E-state index < -0.39 is 5.97 Å². The summed E-state index contributed by atoms with van der Waals surface area (Å²) in [6.07, 6.45) is 10.5. The maximum Gasteiger partial charge on any atom is 0.328 e. The summed E-state index contributed by atoms with van der Waals surface area (Å²) in [5.41, 5.74) is 1.01. The summed E-state index contributed by atoms with van der Waals surface area (Å²) < 4.78 is 11.0. The fourth-order valence-corrected chi connectivity index (χ4v) is 2.68. The van der Waals surface area contributed by atoms with E-state index >= 15 is 0 Å². The Morgan fingerprint density at radius 3 is 2.10 bits per heavy atom. The van der Waals surface area contributed by atoms with Gasteiger partial charge < -0.3 is 14.6 Å². The van der Waals surface area contributed by atoms with Crippen LogP contribution < -0.4 is 4.74 Å². The van der Waals surface area contributed by atoms with Crippen LogP contribution in [-0.2, 0) is 14.3 Å². The highest BCUT2D eigenvalue weighted by molar-refractivity contribution is 5.85. The Balaban J connectivity index is 1.97. The molecular formula is C24H36O5. The number of ether oxygens (including phenoxy) is 2. The summed E-state index contributed by atoms with van der Waals surface area (Å²) in [5, 5.41) is 8.61. The Morgan fingerprint density at radius 2 is 1.52 bits per heavy atom. The molecule has 0 amide bonds. The highest BCUT2D eigenvalue weighted by Gasteiger charge is 2.13. The van der Waals surface area contributed by atoms with Gasteiger partial charge in [-0.3, -0.25) is 4.79 Å². The van der Waals surface area contributed by atoms with Gasteiger partial charge in [-0.15, -0.1) is 0 Å². The van der Waals surface area contributed by atoms with Crippen LogP contribution in [0.15, 0.2) is 30.3 Å². The molecule has 0 radical (unpaired) electrons. The minimum atomic E-state index is -0.956. The average molecular weight is 405 g/mol. The maximum absolute atomic E-state index is 11.6. The van der Waals surface area contributed by atoms with Crippen molar-refractivity contribution in [2.24, 2.45) is 5.41 Å². The molecule has 1 N–H and O–H groups in total. The molecule has 1 rings (SSSR count). The number of esters is 1. The van der Waals surface area contributed by atoms with Crippen LogP contribution in [0.5, 0.6) is 5.75 Å². The lowest BCUT2D eigenvalue weighted by Crippen LogP contribution is -2.11. The van der Waals surface area contributed by atoms with Gasteiger partial charge in [0.05, 0.1) is 13.2 Å². The number of unbranched alkanes of at least 4 members (excludes halogenated alkanes) is 5. The van der Waals surface area contributed by atoms with Crippen LogP contribution in [0.2, 0.25) is 0 Å². The SMILES string of the molecule is CC(C)(C)CCC(=O)OCCCCCCCCOc1ccc(/C=C\C(=O)O)cc1. The molecule has 0 saturated heterocycles. The lowest BCUT2D eigenvalue weighted by molar-refractivity contribution is -0.144. The first-order valence-corrected chi connectivity index (χ1v) is 10.6. The molecule has 5 nitrogen and oxygen atoms in total. The first kappa shape index (κ1) is 24.7. The van der Waals surface area contributed by atoms with Crippen LogP contribution in [0.1, 0.15) is 77.7 Å². The summed E-state index contributed by atoms with van der Waals surface area (Å²) in [6, 6.07) is 7.38. The smallest absolute Gasteiger partial charge is 0.328 e. The number of carbonyl (C=O) groups excluding carboxylic acids is 1. The van der Waals surface area contributed by atoms with Gasteiger partial charge in [0.2, 0.25) is 0 Å². The molecule has 0 aliphatic carbocycles. The van der Waals surface area contributed by atoms with Gasteiger partial charge in [-0.25, -0.2) is 4.79 Å². The van der Waals surface area contributed by atoms with Crippen molar-refractivity contribution in [1.29, 1.82) is 0 Å². The first-order chi connectivity index (χ1) is 13.8. The van der Waals surface area contributed by atoms with Crippen molar-refractivity contribution < 1.29 is 24.2 Å². The van der Waals surface area contributed by atoms with Crippen molar-refractivity contribution in [2.75, 3.05) is 13.2 Å². The van der Waals surface area contributed by atoms with E-state index in [9.17, 15) is 9.59 Å². The Labute approximate surface area is 175 Å². The van der Waals surface area contributed by atoms with E-state index in [2.05, 4.69) is 20.8 Å². The molecule has 0 bridgehead atoms. The molecule has 0 aliphatic heterocycles. The molecule has 0 spiro atoms. The molecule has 0 heterocycles. The molecule has 1 aromatic rings. The van der Waals surface area contributed by atoms with Crippen molar-refractivity contribution >= 4 is 18.0 Å². The molecule has 0 saturated carbocycles. The van der Waals surface area contributed by atoms with E-state index in [-0.39, 0.29) is 11.4 Å². The van der Waals surface area contributed by atoms with Gasteiger partial charge in [-0.1, -0.05) is 58.6 Å². The zero-order chi connectivity index (χ0) is 21.5. The predicted octanol–water partition coefficient (Wildman–Crippen LogP) is 5.87. The number of benzene rings is 1. The minimum Gasteiger partial charge on any atom is -0.494 e. The van der Waals surface area contributed by atoms with Crippen LogP contribution in [0, 0.1) is 5.41 Å². The van der Waals surface area contributed by atoms with Gasteiger partial charge in [-0.05, 0) is 48.4 Å². The fraction of sp³-hybridized carbons (Fsp3) is 0.583. The van der Waals surface area contributed by atoms with E-state index in [1.807, 2.05) is 24.3 Å². The lowest BCUT2D eigenvalue weighted by atomic mass is 9.91. The molecule has 162 valence electrons. The van der Waals surface area contributed by atoms with Gasteiger partial charge in [0.1, 0.15) is 5.75 Å². The number of carboxylic acids is 1. The van der Waals surface area contributed by atoms with E-state index in [0.717, 1.165) is 62.3 Å². The summed E-state index contributed by atoms with van der Waals surface area (Å²) >= 11 is 0. The van der Waals surface area contributed by atoms with Crippen LogP contribution in [-0.4, -0.2) is 30.3 Å². The van der Waals surface area contributed by atoms with Gasteiger partial charge in [0.25, 0.3) is 0 Å². The number of hydrogen-bond acceptors (Lipinski definition) is 4. The van der Waals surface area contributed by atoms with E-state index in [4.69, 9.17) is 14.6 Å².